The molecule has 1 aliphatic carbocycles. The highest BCUT2D eigenvalue weighted by molar-refractivity contribution is 5.85. The Bertz CT molecular complexity index is 1540. The summed E-state index contributed by atoms with van der Waals surface area (Å²) in [5.74, 6) is 2.38. The number of hydrogen-bond acceptors (Lipinski definition) is 7. The first kappa shape index (κ1) is 25.6. The lowest BCUT2D eigenvalue weighted by molar-refractivity contribution is 0.155. The predicted octanol–water partition coefficient (Wildman–Crippen LogP) is 5.52. The SMILES string of the molecule is CC[C@H](c1nnnn1C1CCCCC1)N(Cc1ccc2c(c1)OCO2)Cc1cc2c(C)ccc(C)c2[nH]c1=O. The molecule has 0 saturated heterocycles. The number of hydrogen-bond donors (Lipinski definition) is 1. The van der Waals surface area contributed by atoms with Gasteiger partial charge in [-0.05, 0) is 78.4 Å². The van der Waals surface area contributed by atoms with Crippen molar-refractivity contribution in [2.75, 3.05) is 6.79 Å². The van der Waals surface area contributed by atoms with Crippen LogP contribution in [0.4, 0.5) is 0 Å². The van der Waals surface area contributed by atoms with E-state index in [4.69, 9.17) is 9.47 Å². The van der Waals surface area contributed by atoms with Gasteiger partial charge in [-0.15, -0.1) is 5.10 Å². The average Bonchev–Trinajstić information content (AvgIpc) is 3.62. The van der Waals surface area contributed by atoms with Crippen molar-refractivity contribution in [3.05, 3.63) is 74.8 Å². The second-order valence-corrected chi connectivity index (χ2v) is 10.9. The number of pyridine rings is 1. The van der Waals surface area contributed by atoms with Crippen LogP contribution in [0.5, 0.6) is 11.5 Å². The number of fused-ring (bicyclic) bond motifs is 2. The standard InChI is InChI=1S/C30H36N6O3/c1-4-25(29-32-33-34-36(29)23-8-6-5-7-9-23)35(16-21-12-13-26-27(14-21)39-18-38-26)17-22-15-24-19(2)10-11-20(3)28(24)31-30(22)37/h10-15,23,25H,4-9,16-18H2,1-3H3,(H,31,37)/t25-/m1/s1. The Hall–Kier alpha value is -3.72. The van der Waals surface area contributed by atoms with Crippen molar-refractivity contribution in [1.29, 1.82) is 0 Å². The summed E-state index contributed by atoms with van der Waals surface area (Å²) in [5.41, 5.74) is 4.86. The summed E-state index contributed by atoms with van der Waals surface area (Å²) in [7, 11) is 0. The van der Waals surface area contributed by atoms with Crippen LogP contribution in [0.25, 0.3) is 10.9 Å². The van der Waals surface area contributed by atoms with Gasteiger partial charge in [0.1, 0.15) is 0 Å². The third kappa shape index (κ3) is 5.03. The van der Waals surface area contributed by atoms with Crippen molar-refractivity contribution in [3.63, 3.8) is 0 Å². The molecule has 1 N–H and O–H groups in total. The minimum Gasteiger partial charge on any atom is -0.454 e. The maximum Gasteiger partial charge on any atom is 0.252 e. The van der Waals surface area contributed by atoms with E-state index < -0.39 is 0 Å². The number of aryl methyl sites for hydroxylation is 2. The molecule has 9 heteroatoms. The highest BCUT2D eigenvalue weighted by Crippen LogP contribution is 2.36. The van der Waals surface area contributed by atoms with Crippen molar-refractivity contribution in [2.45, 2.75) is 84.5 Å². The van der Waals surface area contributed by atoms with Crippen LogP contribution in [-0.4, -0.2) is 36.9 Å². The molecule has 2 aromatic carbocycles. The molecular formula is C30H36N6O3. The van der Waals surface area contributed by atoms with E-state index in [9.17, 15) is 4.79 Å². The summed E-state index contributed by atoms with van der Waals surface area (Å²) in [4.78, 5) is 18.9. The molecule has 4 aromatic rings. The summed E-state index contributed by atoms with van der Waals surface area (Å²) in [6.07, 6.45) is 6.67. The van der Waals surface area contributed by atoms with Crippen LogP contribution < -0.4 is 15.0 Å². The highest BCUT2D eigenvalue weighted by atomic mass is 16.7. The van der Waals surface area contributed by atoms with Gasteiger partial charge in [-0.2, -0.15) is 0 Å². The van der Waals surface area contributed by atoms with Crippen LogP contribution in [0, 0.1) is 13.8 Å². The fraction of sp³-hybridized carbons (Fsp3) is 0.467. The monoisotopic (exact) mass is 528 g/mol. The van der Waals surface area contributed by atoms with Crippen LogP contribution in [0.1, 0.15) is 85.6 Å². The Morgan fingerprint density at radius 3 is 2.64 bits per heavy atom. The van der Waals surface area contributed by atoms with E-state index in [1.807, 2.05) is 19.1 Å². The predicted molar refractivity (Wildman–Crippen MR) is 149 cm³/mol. The lowest BCUT2D eigenvalue weighted by Gasteiger charge is -2.32. The van der Waals surface area contributed by atoms with Crippen molar-refractivity contribution >= 4 is 10.9 Å². The fourth-order valence-electron chi connectivity index (χ4n) is 6.11. The van der Waals surface area contributed by atoms with E-state index in [0.717, 1.165) is 69.7 Å². The second kappa shape index (κ2) is 10.8. The van der Waals surface area contributed by atoms with Gasteiger partial charge in [0.05, 0.1) is 17.6 Å². The van der Waals surface area contributed by atoms with Gasteiger partial charge in [-0.1, -0.05) is 44.4 Å². The van der Waals surface area contributed by atoms with Crippen molar-refractivity contribution < 1.29 is 9.47 Å². The van der Waals surface area contributed by atoms with E-state index in [1.54, 1.807) is 0 Å². The average molecular weight is 529 g/mol. The Labute approximate surface area is 228 Å². The molecular weight excluding hydrogens is 492 g/mol. The van der Waals surface area contributed by atoms with E-state index in [2.05, 4.69) is 68.2 Å². The van der Waals surface area contributed by atoms with Crippen LogP contribution in [0.15, 0.2) is 41.2 Å². The molecule has 0 amide bonds. The molecule has 3 heterocycles. The van der Waals surface area contributed by atoms with Crippen LogP contribution in [-0.2, 0) is 13.1 Å². The first-order valence-corrected chi connectivity index (χ1v) is 14.0. The molecule has 204 valence electrons. The summed E-state index contributed by atoms with van der Waals surface area (Å²) in [5, 5.41) is 14.2. The Kier molecular flexibility index (Phi) is 7.08. The summed E-state index contributed by atoms with van der Waals surface area (Å²) >= 11 is 0. The summed E-state index contributed by atoms with van der Waals surface area (Å²) < 4.78 is 13.2. The van der Waals surface area contributed by atoms with Crippen LogP contribution in [0.3, 0.4) is 0 Å². The van der Waals surface area contributed by atoms with Gasteiger partial charge in [0.15, 0.2) is 17.3 Å². The van der Waals surface area contributed by atoms with Gasteiger partial charge < -0.3 is 14.5 Å². The number of benzene rings is 2. The van der Waals surface area contributed by atoms with E-state index in [0.29, 0.717) is 19.1 Å². The van der Waals surface area contributed by atoms with E-state index in [1.165, 1.54) is 19.3 Å². The lowest BCUT2D eigenvalue weighted by Crippen LogP contribution is -2.33. The molecule has 6 rings (SSSR count). The Morgan fingerprint density at radius 1 is 1.03 bits per heavy atom. The molecule has 2 aromatic heterocycles. The zero-order chi connectivity index (χ0) is 26.9. The number of nitrogens with one attached hydrogen (secondary N) is 1. The largest absolute Gasteiger partial charge is 0.454 e. The quantitative estimate of drug-likeness (QED) is 0.322. The zero-order valence-electron chi connectivity index (χ0n) is 22.9. The molecule has 1 atom stereocenters. The van der Waals surface area contributed by atoms with Crippen molar-refractivity contribution in [1.82, 2.24) is 30.1 Å². The molecule has 0 spiro atoms. The molecule has 1 saturated carbocycles. The molecule has 1 aliphatic heterocycles. The van der Waals surface area contributed by atoms with Gasteiger partial charge in [0.25, 0.3) is 5.56 Å². The first-order chi connectivity index (χ1) is 19.0. The minimum atomic E-state index is -0.0685. The van der Waals surface area contributed by atoms with E-state index in [-0.39, 0.29) is 18.4 Å². The molecule has 0 unspecified atom stereocenters. The summed E-state index contributed by atoms with van der Waals surface area (Å²) in [6, 6.07) is 12.5. The molecule has 2 aliphatic rings. The van der Waals surface area contributed by atoms with Crippen LogP contribution in [0.2, 0.25) is 0 Å². The molecule has 1 fully saturated rings. The van der Waals surface area contributed by atoms with Gasteiger partial charge >= 0.3 is 0 Å². The maximum atomic E-state index is 13.4. The molecule has 9 nitrogen and oxygen atoms in total. The number of aromatic nitrogens is 5. The number of nitrogens with zero attached hydrogens (tertiary/aromatic N) is 5. The topological polar surface area (TPSA) is 98.2 Å². The van der Waals surface area contributed by atoms with Crippen molar-refractivity contribution in [2.24, 2.45) is 0 Å². The Balaban J connectivity index is 1.40. The molecule has 0 radical (unpaired) electrons. The van der Waals surface area contributed by atoms with Crippen LogP contribution >= 0.6 is 0 Å². The van der Waals surface area contributed by atoms with Gasteiger partial charge in [-0.3, -0.25) is 9.69 Å². The first-order valence-electron chi connectivity index (χ1n) is 14.0. The summed E-state index contributed by atoms with van der Waals surface area (Å²) in [6.45, 7) is 7.58. The third-order valence-corrected chi connectivity index (χ3v) is 8.28. The highest BCUT2D eigenvalue weighted by Gasteiger charge is 2.29. The minimum absolute atomic E-state index is 0.0615. The Morgan fingerprint density at radius 2 is 1.82 bits per heavy atom. The number of rotatable bonds is 8. The van der Waals surface area contributed by atoms with Crippen molar-refractivity contribution in [3.8, 4) is 11.5 Å². The molecule has 39 heavy (non-hydrogen) atoms. The van der Waals surface area contributed by atoms with Gasteiger partial charge in [0.2, 0.25) is 6.79 Å². The smallest absolute Gasteiger partial charge is 0.252 e. The maximum absolute atomic E-state index is 13.4. The lowest BCUT2D eigenvalue weighted by atomic mass is 9.95. The van der Waals surface area contributed by atoms with Gasteiger partial charge in [0, 0.05) is 24.0 Å². The second-order valence-electron chi connectivity index (χ2n) is 10.9. The number of tetrazole rings is 1. The normalized spacial score (nSPS) is 16.3. The number of H-pyrrole nitrogens is 1. The number of aromatic amines is 1. The molecule has 0 bridgehead atoms. The zero-order valence-corrected chi connectivity index (χ0v) is 22.9. The fourth-order valence-corrected chi connectivity index (χ4v) is 6.11. The third-order valence-electron chi connectivity index (χ3n) is 8.28. The van der Waals surface area contributed by atoms with Gasteiger partial charge in [-0.25, -0.2) is 4.68 Å². The number of ether oxygens (including phenoxy) is 2. The van der Waals surface area contributed by atoms with E-state index >= 15 is 0 Å².